The summed E-state index contributed by atoms with van der Waals surface area (Å²) in [5.41, 5.74) is 31.7. The van der Waals surface area contributed by atoms with Crippen LogP contribution in [0.4, 0.5) is 23.0 Å². The first-order valence-electron chi connectivity index (χ1n) is 16.5. The lowest BCUT2D eigenvalue weighted by Gasteiger charge is -2.26. The maximum atomic E-state index is 13.1. The molecule has 2 aliphatic carbocycles. The van der Waals surface area contributed by atoms with Crippen LogP contribution < -0.4 is 33.6 Å². The molecule has 12 nitrogen and oxygen atoms in total. The number of hydrogen-bond donors (Lipinski definition) is 6. The minimum atomic E-state index is -0.294. The van der Waals surface area contributed by atoms with Gasteiger partial charge < -0.3 is 33.6 Å². The number of anilines is 4. The lowest BCUT2D eigenvalue weighted by atomic mass is 9.90. The smallest absolute Gasteiger partial charge is 0.256 e. The molecule has 0 unspecified atom stereocenters. The van der Waals surface area contributed by atoms with E-state index in [1.165, 1.54) is 9.36 Å². The van der Waals surface area contributed by atoms with Gasteiger partial charge in [0.05, 0.1) is 44.6 Å². The molecule has 0 amide bonds. The van der Waals surface area contributed by atoms with Gasteiger partial charge in [-0.05, 0) is 74.6 Å². The lowest BCUT2D eigenvalue weighted by Crippen LogP contribution is -2.28. The third kappa shape index (κ3) is 5.80. The van der Waals surface area contributed by atoms with Crippen molar-refractivity contribution in [2.24, 2.45) is 11.5 Å². The second-order valence-electron chi connectivity index (χ2n) is 13.1. The van der Waals surface area contributed by atoms with E-state index in [0.717, 1.165) is 70.7 Å². The number of halogens is 2. The number of carbonyl (C=O) groups excluding carboxylic acids is 2. The standard InChI is InChI=1S/2C17H20ClN5O/c2*18-13-3-1-2-10-11(6-7-21-15(10)13)17(24)23-16(20)12-8-9(19)4-5-14(12)22-23/h2*1-3,9,11,21H,4-8,19-20H2/t9-,11+;9-,11-/m00/s1. The van der Waals surface area contributed by atoms with Crippen molar-refractivity contribution in [3.8, 4) is 0 Å². The second-order valence-corrected chi connectivity index (χ2v) is 13.9. The summed E-state index contributed by atoms with van der Waals surface area (Å²) in [7, 11) is 0. The van der Waals surface area contributed by atoms with Crippen LogP contribution in [-0.2, 0) is 25.7 Å². The van der Waals surface area contributed by atoms with Crippen LogP contribution in [0.3, 0.4) is 0 Å². The number of benzene rings is 2. The quantitative estimate of drug-likeness (QED) is 0.176. The SMILES string of the molecule is Nc1c2c(nn1C(=O)[C@@H]1CCNc3c(Cl)cccc31)CC[C@H](N)C2.Nc1c2c(nn1C(=O)[C@H]1CCNc3c(Cl)cccc31)CC[C@H](N)C2. The molecule has 2 aromatic heterocycles. The number of fused-ring (bicyclic) bond motifs is 4. The second kappa shape index (κ2) is 13.1. The van der Waals surface area contributed by atoms with Gasteiger partial charge in [-0.3, -0.25) is 9.59 Å². The normalized spacial score (nSPS) is 22.4. The third-order valence-electron chi connectivity index (χ3n) is 9.98. The van der Waals surface area contributed by atoms with Crippen molar-refractivity contribution < 1.29 is 9.59 Å². The molecule has 4 atom stereocenters. The van der Waals surface area contributed by atoms with Gasteiger partial charge >= 0.3 is 0 Å². The highest BCUT2D eigenvalue weighted by Crippen LogP contribution is 2.39. The Morgan fingerprint density at radius 1 is 0.688 bits per heavy atom. The van der Waals surface area contributed by atoms with Crippen LogP contribution in [0.5, 0.6) is 0 Å². The van der Waals surface area contributed by atoms with E-state index in [2.05, 4.69) is 20.8 Å². The first kappa shape index (κ1) is 32.4. The fourth-order valence-electron chi connectivity index (χ4n) is 7.41. The predicted molar refractivity (Wildman–Crippen MR) is 189 cm³/mol. The molecule has 4 aromatic rings. The molecule has 252 valence electrons. The van der Waals surface area contributed by atoms with Crippen molar-refractivity contribution >= 4 is 58.0 Å². The molecule has 48 heavy (non-hydrogen) atoms. The average Bonchev–Trinajstić information content (AvgIpc) is 3.59. The van der Waals surface area contributed by atoms with E-state index in [-0.39, 0.29) is 35.7 Å². The van der Waals surface area contributed by atoms with E-state index in [1.54, 1.807) is 0 Å². The van der Waals surface area contributed by atoms with Gasteiger partial charge in [0.25, 0.3) is 11.8 Å². The molecule has 2 aromatic carbocycles. The van der Waals surface area contributed by atoms with E-state index in [1.807, 2.05) is 36.4 Å². The molecule has 0 radical (unpaired) electrons. The Morgan fingerprint density at radius 3 is 1.52 bits per heavy atom. The van der Waals surface area contributed by atoms with Crippen LogP contribution in [0.2, 0.25) is 10.0 Å². The molecule has 0 saturated heterocycles. The molecule has 0 saturated carbocycles. The van der Waals surface area contributed by atoms with E-state index in [0.29, 0.717) is 60.5 Å². The number of nitrogen functional groups attached to an aromatic ring is 2. The maximum Gasteiger partial charge on any atom is 0.256 e. The molecular weight excluding hydrogens is 651 g/mol. The monoisotopic (exact) mass is 690 g/mol. The Labute approximate surface area is 288 Å². The predicted octanol–water partition coefficient (Wildman–Crippen LogP) is 4.35. The molecular formula is C34H40Cl2N10O2. The van der Waals surface area contributed by atoms with E-state index < -0.39 is 0 Å². The zero-order valence-electron chi connectivity index (χ0n) is 26.5. The summed E-state index contributed by atoms with van der Waals surface area (Å²) in [4.78, 5) is 26.2. The van der Waals surface area contributed by atoms with Crippen molar-refractivity contribution in [1.29, 1.82) is 0 Å². The van der Waals surface area contributed by atoms with Crippen molar-refractivity contribution in [3.63, 3.8) is 0 Å². The van der Waals surface area contributed by atoms with Gasteiger partial charge in [0.1, 0.15) is 11.6 Å². The first-order chi connectivity index (χ1) is 23.1. The number of carbonyl (C=O) groups is 2. The van der Waals surface area contributed by atoms with Gasteiger partial charge in [-0.25, -0.2) is 0 Å². The first-order valence-corrected chi connectivity index (χ1v) is 17.2. The minimum absolute atomic E-state index is 0.0889. The van der Waals surface area contributed by atoms with Crippen LogP contribution in [0.1, 0.15) is 80.7 Å². The Bertz CT molecular complexity index is 1770. The number of para-hydroxylation sites is 2. The largest absolute Gasteiger partial charge is 0.384 e. The Kier molecular flexibility index (Phi) is 8.84. The summed E-state index contributed by atoms with van der Waals surface area (Å²) in [5, 5.41) is 16.8. The lowest BCUT2D eigenvalue weighted by molar-refractivity contribution is 0.0851. The summed E-state index contributed by atoms with van der Waals surface area (Å²) in [6.45, 7) is 1.39. The molecule has 0 bridgehead atoms. The van der Waals surface area contributed by atoms with Crippen LogP contribution in [-0.4, -0.2) is 56.5 Å². The summed E-state index contributed by atoms with van der Waals surface area (Å²) < 4.78 is 2.76. The molecule has 14 heteroatoms. The third-order valence-corrected chi connectivity index (χ3v) is 10.6. The van der Waals surface area contributed by atoms with Crippen molar-refractivity contribution in [2.75, 3.05) is 35.2 Å². The Hall–Kier alpha value is -4.10. The summed E-state index contributed by atoms with van der Waals surface area (Å²) >= 11 is 12.5. The maximum absolute atomic E-state index is 13.1. The molecule has 4 aliphatic rings. The fourth-order valence-corrected chi connectivity index (χ4v) is 7.91. The van der Waals surface area contributed by atoms with Gasteiger partial charge in [-0.2, -0.15) is 19.6 Å². The number of aromatic nitrogens is 4. The number of rotatable bonds is 2. The number of nitrogens with one attached hydrogen (secondary N) is 2. The number of nitrogens with two attached hydrogens (primary N) is 4. The fraction of sp³-hybridized carbons (Fsp3) is 0.412. The zero-order chi connectivity index (χ0) is 33.7. The highest BCUT2D eigenvalue weighted by molar-refractivity contribution is 6.34. The molecule has 10 N–H and O–H groups in total. The van der Waals surface area contributed by atoms with Crippen molar-refractivity contribution in [1.82, 2.24) is 19.6 Å². The van der Waals surface area contributed by atoms with Gasteiger partial charge in [-0.15, -0.1) is 0 Å². The van der Waals surface area contributed by atoms with Crippen LogP contribution in [0.25, 0.3) is 0 Å². The van der Waals surface area contributed by atoms with Gasteiger partial charge in [-0.1, -0.05) is 47.5 Å². The highest BCUT2D eigenvalue weighted by atomic mass is 35.5. The average molecular weight is 692 g/mol. The molecule has 4 heterocycles. The topological polar surface area (TPSA) is 198 Å². The minimum Gasteiger partial charge on any atom is -0.384 e. The van der Waals surface area contributed by atoms with Crippen molar-refractivity contribution in [3.05, 3.63) is 80.1 Å². The molecule has 0 fully saturated rings. The Balaban J connectivity index is 0.000000152. The molecule has 0 spiro atoms. The van der Waals surface area contributed by atoms with Crippen LogP contribution in [0.15, 0.2) is 36.4 Å². The zero-order valence-corrected chi connectivity index (χ0v) is 28.0. The summed E-state index contributed by atoms with van der Waals surface area (Å²) in [6.07, 6.45) is 6.05. The summed E-state index contributed by atoms with van der Waals surface area (Å²) in [5.74, 6) is 0.0926. The van der Waals surface area contributed by atoms with E-state index in [9.17, 15) is 9.59 Å². The molecule has 8 rings (SSSR count). The van der Waals surface area contributed by atoms with E-state index in [4.69, 9.17) is 46.1 Å². The number of nitrogens with zero attached hydrogens (tertiary/aromatic N) is 4. The van der Waals surface area contributed by atoms with E-state index >= 15 is 0 Å². The van der Waals surface area contributed by atoms with Gasteiger partial charge in [0.15, 0.2) is 0 Å². The Morgan fingerprint density at radius 2 is 1.10 bits per heavy atom. The van der Waals surface area contributed by atoms with Gasteiger partial charge in [0.2, 0.25) is 0 Å². The number of hydrogen-bond acceptors (Lipinski definition) is 10. The molecule has 2 aliphatic heterocycles. The van der Waals surface area contributed by atoms with Crippen molar-refractivity contribution in [2.45, 2.75) is 75.3 Å². The number of aryl methyl sites for hydroxylation is 2. The summed E-state index contributed by atoms with van der Waals surface area (Å²) in [6, 6.07) is 11.4. The highest BCUT2D eigenvalue weighted by Gasteiger charge is 2.34. The van der Waals surface area contributed by atoms with Gasteiger partial charge in [0, 0.05) is 36.3 Å². The van der Waals surface area contributed by atoms with Crippen LogP contribution in [0, 0.1) is 0 Å². The van der Waals surface area contributed by atoms with Crippen LogP contribution >= 0.6 is 23.2 Å².